The van der Waals surface area contributed by atoms with Crippen LogP contribution in [0.4, 0.5) is 5.69 Å². The lowest BCUT2D eigenvalue weighted by atomic mass is 9.92. The van der Waals surface area contributed by atoms with Crippen LogP contribution in [0.3, 0.4) is 0 Å². The van der Waals surface area contributed by atoms with Gasteiger partial charge in [-0.25, -0.2) is 0 Å². The van der Waals surface area contributed by atoms with Gasteiger partial charge < -0.3 is 4.90 Å². The monoisotopic (exact) mass is 469 g/mol. The first-order valence-electron chi connectivity index (χ1n) is 13.5. The molecule has 0 spiro atoms. The molecule has 2 fully saturated rings. The van der Waals surface area contributed by atoms with Crippen molar-refractivity contribution >= 4 is 18.9 Å². The Kier molecular flexibility index (Phi) is 7.70. The molecule has 0 N–H and O–H groups in total. The predicted molar refractivity (Wildman–Crippen MR) is 152 cm³/mol. The maximum Gasteiger partial charge on any atom is 0.0447 e. The Bertz CT molecular complexity index is 1040. The van der Waals surface area contributed by atoms with E-state index in [4.69, 9.17) is 0 Å². The second kappa shape index (κ2) is 11.1. The van der Waals surface area contributed by atoms with Crippen molar-refractivity contribution in [2.45, 2.75) is 75.5 Å². The predicted octanol–water partition coefficient (Wildman–Crippen LogP) is 8.86. The molecule has 0 saturated heterocycles. The molecule has 3 aromatic carbocycles. The molecule has 2 aliphatic carbocycles. The molecule has 0 aromatic heterocycles. The number of hydrogen-bond donors (Lipinski definition) is 0. The SMILES string of the molecule is CN(C)c1cccc(-c2ccccc2)c1-c1ccccc1P(C1CCCCC1)C1CCCCC1. The van der Waals surface area contributed by atoms with Crippen molar-refractivity contribution in [3.05, 3.63) is 72.8 Å². The van der Waals surface area contributed by atoms with E-state index in [1.54, 1.807) is 5.30 Å². The van der Waals surface area contributed by atoms with E-state index in [0.29, 0.717) is 0 Å². The summed E-state index contributed by atoms with van der Waals surface area (Å²) in [5.74, 6) is 0. The summed E-state index contributed by atoms with van der Waals surface area (Å²) in [7, 11) is 4.22. The highest BCUT2D eigenvalue weighted by atomic mass is 31.1. The third-order valence-electron chi connectivity index (χ3n) is 8.00. The van der Waals surface area contributed by atoms with E-state index in [-0.39, 0.29) is 7.92 Å². The Labute approximate surface area is 208 Å². The van der Waals surface area contributed by atoms with Crippen molar-refractivity contribution in [1.82, 2.24) is 0 Å². The summed E-state index contributed by atoms with van der Waals surface area (Å²) in [5, 5.41) is 1.68. The minimum atomic E-state index is -0.168. The van der Waals surface area contributed by atoms with E-state index >= 15 is 0 Å². The van der Waals surface area contributed by atoms with Gasteiger partial charge in [-0.15, -0.1) is 0 Å². The van der Waals surface area contributed by atoms with E-state index in [0.717, 1.165) is 11.3 Å². The molecule has 0 unspecified atom stereocenters. The van der Waals surface area contributed by atoms with Gasteiger partial charge in [0.2, 0.25) is 0 Å². The third kappa shape index (κ3) is 4.96. The molecule has 1 nitrogen and oxygen atoms in total. The smallest absolute Gasteiger partial charge is 0.0447 e. The van der Waals surface area contributed by atoms with Crippen molar-refractivity contribution in [1.29, 1.82) is 0 Å². The fraction of sp³-hybridized carbons (Fsp3) is 0.438. The first kappa shape index (κ1) is 23.6. The van der Waals surface area contributed by atoms with Crippen LogP contribution in [0, 0.1) is 0 Å². The summed E-state index contributed by atoms with van der Waals surface area (Å²) in [4.78, 5) is 2.31. The molecule has 2 aliphatic rings. The van der Waals surface area contributed by atoms with Crippen molar-refractivity contribution < 1.29 is 0 Å². The molecular formula is C32H40NP. The molecule has 0 heterocycles. The Morgan fingerprint density at radius 2 is 1.15 bits per heavy atom. The molecule has 34 heavy (non-hydrogen) atoms. The molecule has 5 rings (SSSR count). The molecule has 2 heteroatoms. The third-order valence-corrected chi connectivity index (χ3v) is 11.5. The van der Waals surface area contributed by atoms with Crippen LogP contribution in [0.25, 0.3) is 22.3 Å². The fourth-order valence-electron chi connectivity index (χ4n) is 6.37. The van der Waals surface area contributed by atoms with Gasteiger partial charge in [-0.2, -0.15) is 0 Å². The van der Waals surface area contributed by atoms with Crippen LogP contribution in [0.5, 0.6) is 0 Å². The summed E-state index contributed by atoms with van der Waals surface area (Å²) in [6.45, 7) is 0. The van der Waals surface area contributed by atoms with Gasteiger partial charge in [-0.05, 0) is 65.1 Å². The minimum Gasteiger partial charge on any atom is -0.377 e. The normalized spacial score (nSPS) is 17.7. The van der Waals surface area contributed by atoms with Crippen molar-refractivity contribution in [2.75, 3.05) is 19.0 Å². The lowest BCUT2D eigenvalue weighted by Crippen LogP contribution is -2.27. The lowest BCUT2D eigenvalue weighted by Gasteiger charge is -2.40. The Morgan fingerprint density at radius 1 is 0.588 bits per heavy atom. The zero-order chi connectivity index (χ0) is 23.3. The molecule has 0 amide bonds. The van der Waals surface area contributed by atoms with Gasteiger partial charge in [-0.1, -0.05) is 113 Å². The zero-order valence-corrected chi connectivity index (χ0v) is 21.9. The Hall–Kier alpha value is -2.11. The van der Waals surface area contributed by atoms with E-state index in [2.05, 4.69) is 91.8 Å². The Balaban J connectivity index is 1.69. The highest BCUT2D eigenvalue weighted by Gasteiger charge is 2.34. The number of rotatable bonds is 6. The summed E-state index contributed by atoms with van der Waals surface area (Å²) in [5.41, 5.74) is 8.73. The maximum absolute atomic E-state index is 2.52. The summed E-state index contributed by atoms with van der Waals surface area (Å²) < 4.78 is 0. The van der Waals surface area contributed by atoms with E-state index < -0.39 is 0 Å². The Morgan fingerprint density at radius 3 is 1.76 bits per heavy atom. The van der Waals surface area contributed by atoms with Gasteiger partial charge in [-0.3, -0.25) is 0 Å². The number of hydrogen-bond acceptors (Lipinski definition) is 1. The molecule has 0 radical (unpaired) electrons. The minimum absolute atomic E-state index is 0.168. The topological polar surface area (TPSA) is 3.24 Å². The van der Waals surface area contributed by atoms with Gasteiger partial charge in [0.15, 0.2) is 0 Å². The molecule has 3 aromatic rings. The van der Waals surface area contributed by atoms with Gasteiger partial charge in [0, 0.05) is 25.3 Å². The van der Waals surface area contributed by atoms with Gasteiger partial charge in [0.1, 0.15) is 0 Å². The first-order chi connectivity index (χ1) is 16.7. The van der Waals surface area contributed by atoms with Crippen LogP contribution < -0.4 is 10.2 Å². The van der Waals surface area contributed by atoms with Crippen molar-refractivity contribution in [3.8, 4) is 22.3 Å². The number of benzene rings is 3. The second-order valence-corrected chi connectivity index (χ2v) is 13.2. The largest absolute Gasteiger partial charge is 0.377 e. The number of nitrogens with zero attached hydrogens (tertiary/aromatic N) is 1. The van der Waals surface area contributed by atoms with Gasteiger partial charge >= 0.3 is 0 Å². The van der Waals surface area contributed by atoms with Crippen LogP contribution >= 0.6 is 7.92 Å². The van der Waals surface area contributed by atoms with Crippen molar-refractivity contribution in [3.63, 3.8) is 0 Å². The van der Waals surface area contributed by atoms with Crippen LogP contribution in [0.1, 0.15) is 64.2 Å². The standard InChI is InChI=1S/C32H40NP/c1-33(2)30-23-14-22-28(25-15-6-3-7-16-25)32(30)29-21-12-13-24-31(29)34(26-17-8-4-9-18-26)27-19-10-5-11-20-27/h3,6-7,12-16,21-24,26-27H,4-5,8-11,17-20H2,1-2H3. The average molecular weight is 470 g/mol. The molecule has 178 valence electrons. The van der Waals surface area contributed by atoms with Gasteiger partial charge in [0.05, 0.1) is 0 Å². The highest BCUT2D eigenvalue weighted by molar-refractivity contribution is 7.67. The van der Waals surface area contributed by atoms with Crippen molar-refractivity contribution in [2.24, 2.45) is 0 Å². The summed E-state index contributed by atoms with van der Waals surface area (Å²) in [6, 6.07) is 27.4. The molecule has 0 aliphatic heterocycles. The van der Waals surface area contributed by atoms with Gasteiger partial charge in [0.25, 0.3) is 0 Å². The van der Waals surface area contributed by atoms with Crippen LogP contribution in [-0.2, 0) is 0 Å². The van der Waals surface area contributed by atoms with Crippen LogP contribution in [0.15, 0.2) is 72.8 Å². The zero-order valence-electron chi connectivity index (χ0n) is 21.0. The van der Waals surface area contributed by atoms with E-state index in [1.165, 1.54) is 92.1 Å². The highest BCUT2D eigenvalue weighted by Crippen LogP contribution is 2.57. The summed E-state index contributed by atoms with van der Waals surface area (Å²) in [6.07, 6.45) is 14.4. The van der Waals surface area contributed by atoms with Crippen LogP contribution in [-0.4, -0.2) is 25.4 Å². The summed E-state index contributed by atoms with van der Waals surface area (Å²) >= 11 is 0. The first-order valence-corrected chi connectivity index (χ1v) is 15.0. The average Bonchev–Trinajstić information content (AvgIpc) is 2.90. The maximum atomic E-state index is 2.52. The van der Waals surface area contributed by atoms with E-state index in [1.807, 2.05) is 0 Å². The molecule has 0 bridgehead atoms. The number of anilines is 1. The lowest BCUT2D eigenvalue weighted by molar-refractivity contribution is 0.487. The van der Waals surface area contributed by atoms with Crippen LogP contribution in [0.2, 0.25) is 0 Å². The fourth-order valence-corrected chi connectivity index (χ4v) is 10.3. The molecular weight excluding hydrogens is 429 g/mol. The quantitative estimate of drug-likeness (QED) is 0.326. The van der Waals surface area contributed by atoms with E-state index in [9.17, 15) is 0 Å². The molecule has 2 saturated carbocycles. The molecule has 0 atom stereocenters. The second-order valence-electron chi connectivity index (χ2n) is 10.5.